The molecular formula is C12H18Br2ClNO2. The number of aromatic hydroxyl groups is 1. The van der Waals surface area contributed by atoms with Crippen LogP contribution in [0.3, 0.4) is 0 Å². The zero-order valence-corrected chi connectivity index (χ0v) is 14.1. The van der Waals surface area contributed by atoms with Crippen LogP contribution in [0.25, 0.3) is 0 Å². The maximum absolute atomic E-state index is 9.94. The number of unbranched alkanes of at least 4 members (excludes halogenated alkanes) is 1. The topological polar surface area (TPSA) is 66.5 Å². The van der Waals surface area contributed by atoms with Crippen LogP contribution in [0.5, 0.6) is 5.75 Å². The number of rotatable bonds is 5. The molecule has 0 fully saturated rings. The zero-order valence-electron chi connectivity index (χ0n) is 10.1. The molecule has 0 spiro atoms. The van der Waals surface area contributed by atoms with Gasteiger partial charge in [-0.1, -0.05) is 19.8 Å². The number of phenolic OH excluding ortho intramolecular Hbond substituents is 1. The highest BCUT2D eigenvalue weighted by Crippen LogP contribution is 2.35. The second-order valence-corrected chi connectivity index (χ2v) is 5.78. The van der Waals surface area contributed by atoms with Crippen LogP contribution in [-0.2, 0) is 0 Å². The molecular weight excluding hydrogens is 385 g/mol. The molecule has 0 aliphatic rings. The number of nitrogens with two attached hydrogens (primary N) is 1. The molecule has 0 radical (unpaired) electrons. The molecule has 0 saturated heterocycles. The molecule has 4 N–H and O–H groups in total. The second-order valence-electron chi connectivity index (χ2n) is 4.07. The molecule has 3 nitrogen and oxygen atoms in total. The number of phenols is 1. The van der Waals surface area contributed by atoms with Gasteiger partial charge in [-0.3, -0.25) is 0 Å². The van der Waals surface area contributed by atoms with E-state index in [0.29, 0.717) is 15.4 Å². The van der Waals surface area contributed by atoms with Crippen molar-refractivity contribution in [3.05, 3.63) is 26.6 Å². The van der Waals surface area contributed by atoms with E-state index >= 15 is 0 Å². The van der Waals surface area contributed by atoms with Crippen molar-refractivity contribution in [1.82, 2.24) is 0 Å². The van der Waals surface area contributed by atoms with Gasteiger partial charge in [-0.15, -0.1) is 12.4 Å². The Bertz CT molecular complexity index is 367. The van der Waals surface area contributed by atoms with E-state index in [0.717, 1.165) is 18.4 Å². The Hall–Kier alpha value is 0.190. The molecule has 0 heterocycles. The molecule has 1 aromatic rings. The Labute approximate surface area is 130 Å². The summed E-state index contributed by atoms with van der Waals surface area (Å²) >= 11 is 6.50. The molecule has 0 unspecified atom stereocenters. The SMILES string of the molecule is CCCC[C@H](O)[C@H](N)c1cc(Br)c(O)c(Br)c1.Cl. The lowest BCUT2D eigenvalue weighted by Gasteiger charge is -2.20. The molecule has 1 aromatic carbocycles. The first-order valence-corrected chi connectivity index (χ1v) is 7.17. The van der Waals surface area contributed by atoms with Crippen molar-refractivity contribution in [3.63, 3.8) is 0 Å². The maximum atomic E-state index is 9.94. The van der Waals surface area contributed by atoms with E-state index < -0.39 is 12.1 Å². The fourth-order valence-corrected chi connectivity index (χ4v) is 2.81. The lowest BCUT2D eigenvalue weighted by atomic mass is 9.98. The van der Waals surface area contributed by atoms with Gasteiger partial charge in [0.05, 0.1) is 21.1 Å². The van der Waals surface area contributed by atoms with Crippen molar-refractivity contribution < 1.29 is 10.2 Å². The molecule has 18 heavy (non-hydrogen) atoms. The quantitative estimate of drug-likeness (QED) is 0.699. The monoisotopic (exact) mass is 401 g/mol. The first kappa shape index (κ1) is 18.2. The summed E-state index contributed by atoms with van der Waals surface area (Å²) in [7, 11) is 0. The van der Waals surface area contributed by atoms with Gasteiger partial charge < -0.3 is 15.9 Å². The minimum Gasteiger partial charge on any atom is -0.506 e. The molecule has 0 aromatic heterocycles. The predicted molar refractivity (Wildman–Crippen MR) is 83.2 cm³/mol. The Morgan fingerprint density at radius 2 is 1.78 bits per heavy atom. The molecule has 2 atom stereocenters. The van der Waals surface area contributed by atoms with E-state index in [-0.39, 0.29) is 18.2 Å². The highest BCUT2D eigenvalue weighted by atomic mass is 79.9. The van der Waals surface area contributed by atoms with Crippen molar-refractivity contribution >= 4 is 44.3 Å². The summed E-state index contributed by atoms with van der Waals surface area (Å²) in [5.41, 5.74) is 6.79. The Morgan fingerprint density at radius 3 is 2.22 bits per heavy atom. The van der Waals surface area contributed by atoms with Gasteiger partial charge >= 0.3 is 0 Å². The summed E-state index contributed by atoms with van der Waals surface area (Å²) < 4.78 is 1.14. The largest absolute Gasteiger partial charge is 0.506 e. The van der Waals surface area contributed by atoms with E-state index in [1.807, 2.05) is 0 Å². The molecule has 0 amide bonds. The lowest BCUT2D eigenvalue weighted by molar-refractivity contribution is 0.132. The first-order chi connectivity index (χ1) is 7.97. The average Bonchev–Trinajstić information content (AvgIpc) is 2.31. The Kier molecular flexibility index (Phi) is 8.47. The van der Waals surface area contributed by atoms with Crippen molar-refractivity contribution in [1.29, 1.82) is 0 Å². The smallest absolute Gasteiger partial charge is 0.143 e. The molecule has 0 saturated carbocycles. The van der Waals surface area contributed by atoms with E-state index in [9.17, 15) is 10.2 Å². The molecule has 104 valence electrons. The van der Waals surface area contributed by atoms with Crippen molar-refractivity contribution in [2.45, 2.75) is 38.3 Å². The van der Waals surface area contributed by atoms with Crippen LogP contribution in [0.15, 0.2) is 21.1 Å². The van der Waals surface area contributed by atoms with Gasteiger partial charge in [-0.05, 0) is 56.0 Å². The number of hydrogen-bond acceptors (Lipinski definition) is 3. The van der Waals surface area contributed by atoms with E-state index in [1.54, 1.807) is 12.1 Å². The van der Waals surface area contributed by atoms with Crippen LogP contribution in [0.4, 0.5) is 0 Å². The van der Waals surface area contributed by atoms with Crippen LogP contribution >= 0.6 is 44.3 Å². The summed E-state index contributed by atoms with van der Waals surface area (Å²) in [6, 6.07) is 3.04. The number of aliphatic hydroxyl groups excluding tert-OH is 1. The third-order valence-corrected chi connectivity index (χ3v) is 3.90. The van der Waals surface area contributed by atoms with E-state index in [4.69, 9.17) is 5.73 Å². The van der Waals surface area contributed by atoms with Gasteiger partial charge in [-0.2, -0.15) is 0 Å². The van der Waals surface area contributed by atoms with Crippen molar-refractivity contribution in [2.24, 2.45) is 5.73 Å². The molecule has 6 heteroatoms. The van der Waals surface area contributed by atoms with E-state index in [2.05, 4.69) is 38.8 Å². The number of benzene rings is 1. The van der Waals surface area contributed by atoms with Crippen LogP contribution < -0.4 is 5.73 Å². The Balaban J connectivity index is 0.00000289. The average molecular weight is 404 g/mol. The van der Waals surface area contributed by atoms with Crippen molar-refractivity contribution in [2.75, 3.05) is 0 Å². The number of aliphatic hydroxyl groups is 1. The minimum absolute atomic E-state index is 0. The van der Waals surface area contributed by atoms with Gasteiger partial charge in [0, 0.05) is 0 Å². The standard InChI is InChI=1S/C12H17Br2NO2.ClH/c1-2-3-4-10(16)11(15)7-5-8(13)12(17)9(14)6-7;/h5-6,10-11,16-17H,2-4,15H2,1H3;1H/t10-,11+;/m0./s1. The highest BCUT2D eigenvalue weighted by molar-refractivity contribution is 9.11. The van der Waals surface area contributed by atoms with Gasteiger partial charge in [0.15, 0.2) is 0 Å². The van der Waals surface area contributed by atoms with Crippen LogP contribution in [0.1, 0.15) is 37.8 Å². The summed E-state index contributed by atoms with van der Waals surface area (Å²) in [4.78, 5) is 0. The van der Waals surface area contributed by atoms with Gasteiger partial charge in [0.2, 0.25) is 0 Å². The number of hydrogen-bond donors (Lipinski definition) is 3. The summed E-state index contributed by atoms with van der Waals surface area (Å²) in [6.07, 6.45) is 2.12. The van der Waals surface area contributed by atoms with Gasteiger partial charge in [0.25, 0.3) is 0 Å². The fourth-order valence-electron chi connectivity index (χ4n) is 1.59. The third-order valence-electron chi connectivity index (χ3n) is 2.69. The normalized spacial score (nSPS) is 13.8. The van der Waals surface area contributed by atoms with E-state index in [1.165, 1.54) is 0 Å². The van der Waals surface area contributed by atoms with Crippen molar-refractivity contribution in [3.8, 4) is 5.75 Å². The predicted octanol–water partition coefficient (Wildman–Crippen LogP) is 3.89. The van der Waals surface area contributed by atoms with Crippen LogP contribution in [0.2, 0.25) is 0 Å². The second kappa shape index (κ2) is 8.38. The summed E-state index contributed by atoms with van der Waals surface area (Å²) in [6.45, 7) is 2.08. The number of halogens is 3. The van der Waals surface area contributed by atoms with Gasteiger partial charge in [-0.25, -0.2) is 0 Å². The summed E-state index contributed by atoms with van der Waals surface area (Å²) in [5.74, 6) is 0.143. The molecule has 0 bridgehead atoms. The third kappa shape index (κ3) is 4.70. The van der Waals surface area contributed by atoms with Crippen LogP contribution in [-0.4, -0.2) is 16.3 Å². The highest BCUT2D eigenvalue weighted by Gasteiger charge is 2.18. The minimum atomic E-state index is -0.557. The summed E-state index contributed by atoms with van der Waals surface area (Å²) in [5, 5.41) is 19.5. The van der Waals surface area contributed by atoms with Gasteiger partial charge in [0.1, 0.15) is 5.75 Å². The Morgan fingerprint density at radius 1 is 1.28 bits per heavy atom. The molecule has 1 rings (SSSR count). The maximum Gasteiger partial charge on any atom is 0.143 e. The lowest BCUT2D eigenvalue weighted by Crippen LogP contribution is -2.26. The molecule has 0 aliphatic heterocycles. The molecule has 0 aliphatic carbocycles. The van der Waals surface area contributed by atoms with Crippen LogP contribution in [0, 0.1) is 0 Å². The zero-order chi connectivity index (χ0) is 13.0. The first-order valence-electron chi connectivity index (χ1n) is 5.59. The fraction of sp³-hybridized carbons (Fsp3) is 0.500.